The van der Waals surface area contributed by atoms with Crippen molar-refractivity contribution in [3.8, 4) is 0 Å². The van der Waals surface area contributed by atoms with Gasteiger partial charge in [-0.15, -0.1) is 0 Å². The van der Waals surface area contributed by atoms with Crippen molar-refractivity contribution in [2.45, 2.75) is 26.7 Å². The van der Waals surface area contributed by atoms with E-state index in [1.807, 2.05) is 19.4 Å². The van der Waals surface area contributed by atoms with E-state index in [4.69, 9.17) is 0 Å². The van der Waals surface area contributed by atoms with Gasteiger partial charge in [0.15, 0.2) is 0 Å². The molecule has 0 spiro atoms. The lowest BCUT2D eigenvalue weighted by Crippen LogP contribution is -2.21. The van der Waals surface area contributed by atoms with E-state index in [-0.39, 0.29) is 0 Å². The third kappa shape index (κ3) is 2.55. The van der Waals surface area contributed by atoms with Gasteiger partial charge >= 0.3 is 0 Å². The summed E-state index contributed by atoms with van der Waals surface area (Å²) in [5.74, 6) is 1.21. The lowest BCUT2D eigenvalue weighted by atomic mass is 9.87. The minimum atomic E-state index is 0.566. The van der Waals surface area contributed by atoms with E-state index in [9.17, 15) is 0 Å². The Morgan fingerprint density at radius 1 is 1.43 bits per heavy atom. The molecule has 0 aromatic carbocycles. The maximum atomic E-state index is 4.19. The molecule has 0 radical (unpaired) electrons. The third-order valence-corrected chi connectivity index (χ3v) is 2.95. The number of nitrogens with zero attached hydrogens (tertiary/aromatic N) is 1. The van der Waals surface area contributed by atoms with E-state index in [0.29, 0.717) is 11.8 Å². The summed E-state index contributed by atoms with van der Waals surface area (Å²) >= 11 is 0. The maximum absolute atomic E-state index is 4.19. The molecule has 0 aliphatic rings. The molecular weight excluding hydrogens is 172 g/mol. The molecule has 0 aliphatic carbocycles. The van der Waals surface area contributed by atoms with Gasteiger partial charge in [0.2, 0.25) is 0 Å². The van der Waals surface area contributed by atoms with E-state index >= 15 is 0 Å². The van der Waals surface area contributed by atoms with Crippen LogP contribution < -0.4 is 5.32 Å². The first-order chi connectivity index (χ1) is 6.66. The molecule has 2 unspecified atom stereocenters. The second kappa shape index (κ2) is 5.11. The fourth-order valence-corrected chi connectivity index (χ4v) is 1.76. The van der Waals surface area contributed by atoms with E-state index < -0.39 is 0 Å². The van der Waals surface area contributed by atoms with Gasteiger partial charge in [-0.05, 0) is 49.5 Å². The molecule has 14 heavy (non-hydrogen) atoms. The lowest BCUT2D eigenvalue weighted by Gasteiger charge is -2.21. The monoisotopic (exact) mass is 192 g/mol. The van der Waals surface area contributed by atoms with Crippen molar-refractivity contribution in [1.82, 2.24) is 10.3 Å². The maximum Gasteiger partial charge on any atom is 0.0305 e. The minimum Gasteiger partial charge on any atom is -0.319 e. The van der Waals surface area contributed by atoms with Crippen molar-refractivity contribution in [2.75, 3.05) is 13.6 Å². The van der Waals surface area contributed by atoms with Crippen LogP contribution in [0, 0.1) is 12.8 Å². The molecule has 0 amide bonds. The first kappa shape index (κ1) is 11.2. The predicted molar refractivity (Wildman–Crippen MR) is 60.5 cm³/mol. The van der Waals surface area contributed by atoms with Crippen molar-refractivity contribution in [3.63, 3.8) is 0 Å². The average molecular weight is 192 g/mol. The van der Waals surface area contributed by atoms with Gasteiger partial charge in [-0.25, -0.2) is 0 Å². The van der Waals surface area contributed by atoms with Gasteiger partial charge in [0, 0.05) is 12.4 Å². The molecule has 2 heteroatoms. The van der Waals surface area contributed by atoms with Crippen LogP contribution in [-0.4, -0.2) is 18.6 Å². The molecular formula is C12H20N2. The van der Waals surface area contributed by atoms with Crippen LogP contribution in [0.15, 0.2) is 18.5 Å². The van der Waals surface area contributed by atoms with Crippen LogP contribution in [0.5, 0.6) is 0 Å². The van der Waals surface area contributed by atoms with Crippen LogP contribution in [0.3, 0.4) is 0 Å². The molecule has 78 valence electrons. The zero-order valence-corrected chi connectivity index (χ0v) is 9.54. The van der Waals surface area contributed by atoms with Crippen LogP contribution in [0.1, 0.15) is 30.9 Å². The second-order valence-electron chi connectivity index (χ2n) is 4.06. The van der Waals surface area contributed by atoms with Crippen molar-refractivity contribution in [1.29, 1.82) is 0 Å². The van der Waals surface area contributed by atoms with Crippen molar-refractivity contribution >= 4 is 0 Å². The van der Waals surface area contributed by atoms with Gasteiger partial charge in [-0.2, -0.15) is 0 Å². The van der Waals surface area contributed by atoms with Gasteiger partial charge in [-0.1, -0.05) is 13.8 Å². The van der Waals surface area contributed by atoms with E-state index in [2.05, 4.69) is 37.1 Å². The van der Waals surface area contributed by atoms with E-state index in [0.717, 1.165) is 6.54 Å². The SMILES string of the molecule is CNCC(C)C(C)c1cnccc1C. The fraction of sp³-hybridized carbons (Fsp3) is 0.583. The normalized spacial score (nSPS) is 15.1. The number of pyridine rings is 1. The van der Waals surface area contributed by atoms with Crippen LogP contribution in [0.25, 0.3) is 0 Å². The van der Waals surface area contributed by atoms with E-state index in [1.54, 1.807) is 0 Å². The van der Waals surface area contributed by atoms with Crippen molar-refractivity contribution < 1.29 is 0 Å². The van der Waals surface area contributed by atoms with Crippen LogP contribution in [0.2, 0.25) is 0 Å². The highest BCUT2D eigenvalue weighted by Crippen LogP contribution is 2.25. The van der Waals surface area contributed by atoms with Gasteiger partial charge in [0.05, 0.1) is 0 Å². The molecule has 1 aromatic heterocycles. The number of nitrogens with one attached hydrogen (secondary N) is 1. The quantitative estimate of drug-likeness (QED) is 0.792. The smallest absolute Gasteiger partial charge is 0.0305 e. The number of aryl methyl sites for hydroxylation is 1. The zero-order chi connectivity index (χ0) is 10.6. The highest BCUT2D eigenvalue weighted by Gasteiger charge is 2.15. The largest absolute Gasteiger partial charge is 0.319 e. The first-order valence-electron chi connectivity index (χ1n) is 5.22. The van der Waals surface area contributed by atoms with Gasteiger partial charge < -0.3 is 5.32 Å². The Kier molecular flexibility index (Phi) is 4.08. The number of hydrogen-bond acceptors (Lipinski definition) is 2. The molecule has 0 saturated heterocycles. The summed E-state index contributed by atoms with van der Waals surface area (Å²) in [5, 5.41) is 3.22. The topological polar surface area (TPSA) is 24.9 Å². The third-order valence-electron chi connectivity index (χ3n) is 2.95. The molecule has 1 N–H and O–H groups in total. The van der Waals surface area contributed by atoms with Gasteiger partial charge in [0.25, 0.3) is 0 Å². The molecule has 1 aromatic rings. The zero-order valence-electron chi connectivity index (χ0n) is 9.54. The van der Waals surface area contributed by atoms with Crippen molar-refractivity contribution in [2.24, 2.45) is 5.92 Å². The van der Waals surface area contributed by atoms with Gasteiger partial charge in [-0.3, -0.25) is 4.98 Å². The number of rotatable bonds is 4. The van der Waals surface area contributed by atoms with E-state index in [1.165, 1.54) is 11.1 Å². The molecule has 0 bridgehead atoms. The Balaban J connectivity index is 2.78. The molecule has 0 aliphatic heterocycles. The molecule has 0 fully saturated rings. The predicted octanol–water partition coefficient (Wildman–Crippen LogP) is 2.35. The number of aromatic nitrogens is 1. The van der Waals surface area contributed by atoms with Crippen LogP contribution >= 0.6 is 0 Å². The van der Waals surface area contributed by atoms with Crippen molar-refractivity contribution in [3.05, 3.63) is 29.6 Å². The van der Waals surface area contributed by atoms with Crippen LogP contribution in [0.4, 0.5) is 0 Å². The Morgan fingerprint density at radius 2 is 2.14 bits per heavy atom. The number of hydrogen-bond donors (Lipinski definition) is 1. The minimum absolute atomic E-state index is 0.566. The summed E-state index contributed by atoms with van der Waals surface area (Å²) < 4.78 is 0. The summed E-state index contributed by atoms with van der Waals surface area (Å²) in [6.45, 7) is 7.74. The lowest BCUT2D eigenvalue weighted by molar-refractivity contribution is 0.464. The highest BCUT2D eigenvalue weighted by atomic mass is 14.8. The second-order valence-corrected chi connectivity index (χ2v) is 4.06. The molecule has 2 atom stereocenters. The molecule has 1 rings (SSSR count). The molecule has 1 heterocycles. The Labute approximate surface area is 86.8 Å². The average Bonchev–Trinajstić information content (AvgIpc) is 2.18. The summed E-state index contributed by atoms with van der Waals surface area (Å²) in [7, 11) is 2.00. The Hall–Kier alpha value is -0.890. The van der Waals surface area contributed by atoms with Crippen LogP contribution in [-0.2, 0) is 0 Å². The first-order valence-corrected chi connectivity index (χ1v) is 5.22. The summed E-state index contributed by atoms with van der Waals surface area (Å²) in [6.07, 6.45) is 3.85. The molecule has 2 nitrogen and oxygen atoms in total. The summed E-state index contributed by atoms with van der Waals surface area (Å²) in [4.78, 5) is 4.19. The summed E-state index contributed by atoms with van der Waals surface area (Å²) in [6, 6.07) is 2.08. The van der Waals surface area contributed by atoms with Gasteiger partial charge in [0.1, 0.15) is 0 Å². The fourth-order valence-electron chi connectivity index (χ4n) is 1.76. The highest BCUT2D eigenvalue weighted by molar-refractivity contribution is 5.25. The Morgan fingerprint density at radius 3 is 2.71 bits per heavy atom. The Bertz CT molecular complexity index is 283. The standard InChI is InChI=1S/C12H20N2/c1-9-5-6-14-8-12(9)11(3)10(2)7-13-4/h5-6,8,10-11,13H,7H2,1-4H3. The molecule has 0 saturated carbocycles. The summed E-state index contributed by atoms with van der Waals surface area (Å²) in [5.41, 5.74) is 2.71.